The van der Waals surface area contributed by atoms with Crippen LogP contribution in [0.2, 0.25) is 0 Å². The van der Waals surface area contributed by atoms with Crippen LogP contribution < -0.4 is 15.4 Å². The molecule has 4 rings (SSSR count). The largest absolute Gasteiger partial charge is 0.471 e. The zero-order valence-corrected chi connectivity index (χ0v) is 22.8. The van der Waals surface area contributed by atoms with E-state index in [4.69, 9.17) is 4.74 Å². The molecule has 2 heterocycles. The number of benzene rings is 1. The van der Waals surface area contributed by atoms with Gasteiger partial charge >= 0.3 is 6.18 Å². The topological polar surface area (TPSA) is 83.5 Å². The number of pyridine rings is 1. The fraction of sp³-hybridized carbons (Fsp3) is 0.586. The first-order chi connectivity index (χ1) is 18.1. The molecule has 39 heavy (non-hydrogen) atoms. The van der Waals surface area contributed by atoms with Gasteiger partial charge in [-0.1, -0.05) is 26.8 Å². The lowest BCUT2D eigenvalue weighted by atomic mass is 9.73. The summed E-state index contributed by atoms with van der Waals surface area (Å²) in [5.74, 6) is -1.21. The molecule has 214 valence electrons. The van der Waals surface area contributed by atoms with Gasteiger partial charge in [-0.3, -0.25) is 4.79 Å². The first-order valence-electron chi connectivity index (χ1n) is 13.4. The second-order valence-electron chi connectivity index (χ2n) is 12.2. The number of fused-ring (bicyclic) bond motifs is 1. The molecule has 2 aliphatic rings. The highest BCUT2D eigenvalue weighted by Crippen LogP contribution is 2.48. The lowest BCUT2D eigenvalue weighted by Crippen LogP contribution is -2.52. The number of ether oxygens (including phenoxy) is 1. The van der Waals surface area contributed by atoms with E-state index in [0.29, 0.717) is 18.4 Å². The summed E-state index contributed by atoms with van der Waals surface area (Å²) < 4.78 is 59.3. The van der Waals surface area contributed by atoms with E-state index in [2.05, 4.69) is 42.5 Å². The van der Waals surface area contributed by atoms with Crippen molar-refractivity contribution in [3.63, 3.8) is 0 Å². The number of alkyl halides is 3. The monoisotopic (exact) mass is 551 g/mol. The van der Waals surface area contributed by atoms with Crippen LogP contribution in [0.25, 0.3) is 0 Å². The zero-order chi connectivity index (χ0) is 28.6. The summed E-state index contributed by atoms with van der Waals surface area (Å²) in [5, 5.41) is 17.2. The van der Waals surface area contributed by atoms with Gasteiger partial charge in [0.2, 0.25) is 11.8 Å². The highest BCUT2D eigenvalue weighted by molar-refractivity contribution is 5.73. The lowest BCUT2D eigenvalue weighted by Gasteiger charge is -2.47. The van der Waals surface area contributed by atoms with Crippen LogP contribution in [-0.2, 0) is 23.8 Å². The Labute approximate surface area is 226 Å². The highest BCUT2D eigenvalue weighted by Gasteiger charge is 2.46. The molecular weight excluding hydrogens is 514 g/mol. The quantitative estimate of drug-likeness (QED) is 0.390. The molecule has 0 saturated heterocycles. The maximum Gasteiger partial charge on any atom is 0.419 e. The molecule has 1 aliphatic heterocycles. The summed E-state index contributed by atoms with van der Waals surface area (Å²) >= 11 is 0. The van der Waals surface area contributed by atoms with Gasteiger partial charge in [0.15, 0.2) is 0 Å². The van der Waals surface area contributed by atoms with E-state index in [1.165, 1.54) is 13.0 Å². The molecule has 0 bridgehead atoms. The van der Waals surface area contributed by atoms with E-state index < -0.39 is 35.6 Å². The average molecular weight is 552 g/mol. The van der Waals surface area contributed by atoms with Gasteiger partial charge in [0.1, 0.15) is 11.4 Å². The summed E-state index contributed by atoms with van der Waals surface area (Å²) in [7, 11) is 0. The molecule has 10 heteroatoms. The molecule has 1 spiro atoms. The van der Waals surface area contributed by atoms with E-state index in [9.17, 15) is 27.5 Å². The van der Waals surface area contributed by atoms with Gasteiger partial charge in [-0.2, -0.15) is 13.2 Å². The van der Waals surface area contributed by atoms with Crippen LogP contribution in [0.4, 0.5) is 17.6 Å². The van der Waals surface area contributed by atoms with E-state index in [0.717, 1.165) is 42.9 Å². The molecule has 1 aromatic carbocycles. The summed E-state index contributed by atoms with van der Waals surface area (Å²) in [6.07, 6.45) is 0.383. The van der Waals surface area contributed by atoms with Gasteiger partial charge in [0.25, 0.3) is 0 Å². The van der Waals surface area contributed by atoms with Crippen molar-refractivity contribution in [3.8, 4) is 5.88 Å². The van der Waals surface area contributed by atoms with Crippen molar-refractivity contribution < 1.29 is 32.2 Å². The summed E-state index contributed by atoms with van der Waals surface area (Å²) in [4.78, 5) is 16.5. The summed E-state index contributed by atoms with van der Waals surface area (Å²) in [6.45, 7) is 7.85. The normalized spacial score (nSPS) is 20.0. The Kier molecular flexibility index (Phi) is 8.28. The third kappa shape index (κ3) is 7.28. The fourth-order valence-corrected chi connectivity index (χ4v) is 5.47. The molecule has 2 aromatic rings. The Morgan fingerprint density at radius 3 is 2.49 bits per heavy atom. The summed E-state index contributed by atoms with van der Waals surface area (Å²) in [6, 6.07) is 3.76. The third-order valence-corrected chi connectivity index (χ3v) is 7.42. The molecular formula is C29H37F4N3O3. The van der Waals surface area contributed by atoms with Crippen molar-refractivity contribution in [3.05, 3.63) is 58.5 Å². The predicted molar refractivity (Wildman–Crippen MR) is 139 cm³/mol. The van der Waals surface area contributed by atoms with Gasteiger partial charge in [-0.05, 0) is 66.8 Å². The molecule has 3 N–H and O–H groups in total. The average Bonchev–Trinajstić information content (AvgIpc) is 2.78. The van der Waals surface area contributed by atoms with Crippen LogP contribution in [0.1, 0.15) is 81.7 Å². The molecule has 1 aromatic heterocycles. The van der Waals surface area contributed by atoms with Gasteiger partial charge in [-0.25, -0.2) is 9.37 Å². The van der Waals surface area contributed by atoms with Gasteiger partial charge in [0.05, 0.1) is 17.7 Å². The van der Waals surface area contributed by atoms with Crippen LogP contribution in [0, 0.1) is 11.2 Å². The van der Waals surface area contributed by atoms with Crippen LogP contribution >= 0.6 is 0 Å². The fourth-order valence-electron chi connectivity index (χ4n) is 5.47. The number of carbonyl (C=O) groups excluding carboxylic acids is 1. The van der Waals surface area contributed by atoms with Crippen molar-refractivity contribution in [1.82, 2.24) is 15.6 Å². The van der Waals surface area contributed by atoms with Crippen LogP contribution in [0.3, 0.4) is 0 Å². The van der Waals surface area contributed by atoms with Crippen molar-refractivity contribution in [2.75, 3.05) is 6.54 Å². The van der Waals surface area contributed by atoms with Crippen molar-refractivity contribution in [2.24, 2.45) is 5.41 Å². The number of rotatable bonds is 8. The van der Waals surface area contributed by atoms with E-state index in [1.54, 1.807) is 0 Å². The molecule has 1 saturated carbocycles. The van der Waals surface area contributed by atoms with E-state index in [-0.39, 0.29) is 35.6 Å². The van der Waals surface area contributed by atoms with E-state index in [1.807, 2.05) is 6.20 Å². The van der Waals surface area contributed by atoms with Crippen LogP contribution in [0.15, 0.2) is 30.5 Å². The SMILES string of the molecule is CC(=O)NC(Cc1ccc(C(F)(F)F)c(F)c1)C(O)CN[C@H]1CC2(CCC2)Oc2ncc(CC(C)(C)C)cc21. The Morgan fingerprint density at radius 2 is 1.92 bits per heavy atom. The Balaban J connectivity index is 1.50. The first-order valence-corrected chi connectivity index (χ1v) is 13.4. The number of halogens is 4. The smallest absolute Gasteiger partial charge is 0.419 e. The Morgan fingerprint density at radius 1 is 1.21 bits per heavy atom. The van der Waals surface area contributed by atoms with Crippen LogP contribution in [-0.4, -0.2) is 40.3 Å². The number of aliphatic hydroxyl groups excluding tert-OH is 1. The number of nitrogens with one attached hydrogen (secondary N) is 2. The van der Waals surface area contributed by atoms with Gasteiger partial charge in [-0.15, -0.1) is 0 Å². The van der Waals surface area contributed by atoms with Crippen LogP contribution in [0.5, 0.6) is 5.88 Å². The molecule has 1 fully saturated rings. The second kappa shape index (κ2) is 11.0. The maximum absolute atomic E-state index is 14.1. The maximum atomic E-state index is 14.1. The third-order valence-electron chi connectivity index (χ3n) is 7.42. The molecule has 1 aliphatic carbocycles. The zero-order valence-electron chi connectivity index (χ0n) is 22.8. The second-order valence-corrected chi connectivity index (χ2v) is 12.2. The number of carbonyl (C=O) groups is 1. The van der Waals surface area contributed by atoms with Gasteiger partial charge in [0, 0.05) is 37.7 Å². The molecule has 0 radical (unpaired) electrons. The molecule has 6 nitrogen and oxygen atoms in total. The first kappa shape index (κ1) is 29.3. The van der Waals surface area contributed by atoms with Crippen molar-refractivity contribution in [2.45, 2.75) is 96.2 Å². The highest BCUT2D eigenvalue weighted by atomic mass is 19.4. The summed E-state index contributed by atoms with van der Waals surface area (Å²) in [5.41, 5.74) is 0.669. The predicted octanol–water partition coefficient (Wildman–Crippen LogP) is 5.27. The number of amides is 1. The minimum Gasteiger partial charge on any atom is -0.471 e. The van der Waals surface area contributed by atoms with Crippen molar-refractivity contribution in [1.29, 1.82) is 0 Å². The number of aromatic nitrogens is 1. The Bertz CT molecular complexity index is 1190. The molecule has 2 unspecified atom stereocenters. The minimum absolute atomic E-state index is 0.0386. The van der Waals surface area contributed by atoms with Crippen molar-refractivity contribution >= 4 is 5.91 Å². The molecule has 3 atom stereocenters. The number of nitrogens with zero attached hydrogens (tertiary/aromatic N) is 1. The Hall–Kier alpha value is -2.72. The minimum atomic E-state index is -4.80. The number of hydrogen-bond acceptors (Lipinski definition) is 5. The lowest BCUT2D eigenvalue weighted by molar-refractivity contribution is -0.140. The molecule has 1 amide bonds. The number of aliphatic hydroxyl groups is 1. The van der Waals surface area contributed by atoms with Gasteiger partial charge < -0.3 is 20.5 Å². The standard InChI is InChI=1S/C29H37F4N3O3/c1-17(37)36-23(12-18-6-7-21(22(30)11-18)29(31,32)33)25(38)16-34-24-14-28(8-5-9-28)39-26-20(24)10-19(15-35-26)13-27(2,3)4/h6-7,10-11,15,23-25,34,38H,5,8-9,12-14,16H2,1-4H3,(H,36,37)/t23?,24-,25?/m0/s1. The van der Waals surface area contributed by atoms with E-state index >= 15 is 0 Å². The number of hydrogen-bond donors (Lipinski definition) is 3.